The van der Waals surface area contributed by atoms with Crippen molar-refractivity contribution in [2.45, 2.75) is 37.5 Å². The molecule has 2 heterocycles. The van der Waals surface area contributed by atoms with Crippen molar-refractivity contribution in [2.24, 2.45) is 0 Å². The fraction of sp³-hybridized carbons (Fsp3) is 0.435. The summed E-state index contributed by atoms with van der Waals surface area (Å²) in [6.45, 7) is 1.49. The van der Waals surface area contributed by atoms with Crippen LogP contribution in [0.4, 0.5) is 19.0 Å². The molecule has 9 heteroatoms. The third-order valence-corrected chi connectivity index (χ3v) is 6.03. The Balaban J connectivity index is 1.47. The van der Waals surface area contributed by atoms with Gasteiger partial charge in [0.1, 0.15) is 23.3 Å². The van der Waals surface area contributed by atoms with E-state index in [0.29, 0.717) is 50.3 Å². The van der Waals surface area contributed by atoms with Gasteiger partial charge in [-0.3, -0.25) is 4.79 Å². The van der Waals surface area contributed by atoms with Crippen molar-refractivity contribution >= 4 is 11.7 Å². The Hall–Kier alpha value is -3.28. The van der Waals surface area contributed by atoms with E-state index in [2.05, 4.69) is 11.1 Å². The number of amides is 1. The molecule has 2 aliphatic rings. The summed E-state index contributed by atoms with van der Waals surface area (Å²) in [5.41, 5.74) is -1.56. The summed E-state index contributed by atoms with van der Waals surface area (Å²) in [6, 6.07) is 12.8. The number of nitrogens with zero attached hydrogens (tertiary/aromatic N) is 4. The molecule has 1 aliphatic heterocycles. The van der Waals surface area contributed by atoms with Gasteiger partial charge in [-0.1, -0.05) is 18.2 Å². The number of piperazine rings is 1. The quantitative estimate of drug-likeness (QED) is 0.713. The second-order valence-electron chi connectivity index (χ2n) is 8.07. The highest BCUT2D eigenvalue weighted by molar-refractivity contribution is 5.86. The lowest BCUT2D eigenvalue weighted by atomic mass is 9.99. The highest BCUT2D eigenvalue weighted by atomic mass is 19.4. The van der Waals surface area contributed by atoms with E-state index in [1.807, 2.05) is 0 Å². The standard InChI is InChI=1S/C23H23F3N4O2/c24-23(25,26)19-8-5-9-20(28-19)29-12-14-30(15-13-29)21(31)22(10-3-4-11-22)32-18-7-2-1-6-17(18)16-27/h1-2,5-9H,3-4,10-15H2. The van der Waals surface area contributed by atoms with E-state index in [1.165, 1.54) is 6.07 Å². The van der Waals surface area contributed by atoms with Crippen LogP contribution in [0.5, 0.6) is 5.75 Å². The number of aromatic nitrogens is 1. The molecule has 0 N–H and O–H groups in total. The highest BCUT2D eigenvalue weighted by Crippen LogP contribution is 2.37. The van der Waals surface area contributed by atoms with Gasteiger partial charge in [-0.05, 0) is 49.9 Å². The Morgan fingerprint density at radius 1 is 1.03 bits per heavy atom. The minimum Gasteiger partial charge on any atom is -0.476 e. The minimum absolute atomic E-state index is 0.126. The van der Waals surface area contributed by atoms with Crippen molar-refractivity contribution < 1.29 is 22.7 Å². The maximum Gasteiger partial charge on any atom is 0.433 e. The fourth-order valence-corrected chi connectivity index (χ4v) is 4.35. The summed E-state index contributed by atoms with van der Waals surface area (Å²) in [5, 5.41) is 9.36. The third-order valence-electron chi connectivity index (χ3n) is 6.03. The van der Waals surface area contributed by atoms with Crippen LogP contribution in [0.3, 0.4) is 0 Å². The Morgan fingerprint density at radius 2 is 1.72 bits per heavy atom. The van der Waals surface area contributed by atoms with E-state index in [1.54, 1.807) is 40.1 Å². The van der Waals surface area contributed by atoms with Crippen LogP contribution in [0.25, 0.3) is 0 Å². The van der Waals surface area contributed by atoms with Crippen molar-refractivity contribution in [1.82, 2.24) is 9.88 Å². The molecule has 1 amide bonds. The number of hydrogen-bond acceptors (Lipinski definition) is 5. The number of nitriles is 1. The van der Waals surface area contributed by atoms with E-state index in [4.69, 9.17) is 4.74 Å². The average molecular weight is 444 g/mol. The number of hydrogen-bond donors (Lipinski definition) is 0. The molecule has 0 radical (unpaired) electrons. The molecular weight excluding hydrogens is 421 g/mol. The monoisotopic (exact) mass is 444 g/mol. The number of alkyl halides is 3. The molecule has 0 unspecified atom stereocenters. The van der Waals surface area contributed by atoms with Crippen LogP contribution in [-0.4, -0.2) is 47.6 Å². The van der Waals surface area contributed by atoms with Gasteiger partial charge < -0.3 is 14.5 Å². The number of halogens is 3. The summed E-state index contributed by atoms with van der Waals surface area (Å²) < 4.78 is 45.1. The average Bonchev–Trinajstić information content (AvgIpc) is 3.28. The van der Waals surface area contributed by atoms with Crippen molar-refractivity contribution in [3.8, 4) is 11.8 Å². The maximum atomic E-state index is 13.5. The van der Waals surface area contributed by atoms with E-state index in [9.17, 15) is 23.2 Å². The number of ether oxygens (including phenoxy) is 1. The van der Waals surface area contributed by atoms with Gasteiger partial charge in [0.2, 0.25) is 0 Å². The lowest BCUT2D eigenvalue weighted by molar-refractivity contribution is -0.148. The second kappa shape index (κ2) is 8.69. The zero-order valence-corrected chi connectivity index (χ0v) is 17.4. The van der Waals surface area contributed by atoms with Gasteiger partial charge in [0.25, 0.3) is 5.91 Å². The molecule has 1 aliphatic carbocycles. The van der Waals surface area contributed by atoms with Gasteiger partial charge in [-0.25, -0.2) is 4.98 Å². The summed E-state index contributed by atoms with van der Waals surface area (Å²) in [4.78, 5) is 20.7. The highest BCUT2D eigenvalue weighted by Gasteiger charge is 2.47. The smallest absolute Gasteiger partial charge is 0.433 e. The predicted octanol–water partition coefficient (Wildman–Crippen LogP) is 4.01. The van der Waals surface area contributed by atoms with Crippen LogP contribution in [0.1, 0.15) is 36.9 Å². The van der Waals surface area contributed by atoms with Gasteiger partial charge in [-0.2, -0.15) is 18.4 Å². The molecular formula is C23H23F3N4O2. The van der Waals surface area contributed by atoms with Crippen LogP contribution < -0.4 is 9.64 Å². The first-order valence-corrected chi connectivity index (χ1v) is 10.6. The Morgan fingerprint density at radius 3 is 2.38 bits per heavy atom. The second-order valence-corrected chi connectivity index (χ2v) is 8.07. The molecule has 32 heavy (non-hydrogen) atoms. The number of carbonyl (C=O) groups excluding carboxylic acids is 1. The first kappa shape index (κ1) is 21.9. The molecule has 6 nitrogen and oxygen atoms in total. The van der Waals surface area contributed by atoms with Crippen molar-refractivity contribution in [3.05, 3.63) is 53.7 Å². The summed E-state index contributed by atoms with van der Waals surface area (Å²) >= 11 is 0. The molecule has 4 rings (SSSR count). The Kier molecular flexibility index (Phi) is 5.96. The Bertz CT molecular complexity index is 1020. The molecule has 1 aromatic heterocycles. The molecule has 0 atom stereocenters. The maximum absolute atomic E-state index is 13.5. The number of rotatable bonds is 4. The first-order chi connectivity index (χ1) is 15.3. The summed E-state index contributed by atoms with van der Waals surface area (Å²) in [7, 11) is 0. The first-order valence-electron chi connectivity index (χ1n) is 10.6. The zero-order chi connectivity index (χ0) is 22.8. The van der Waals surface area contributed by atoms with Gasteiger partial charge in [0, 0.05) is 26.2 Å². The van der Waals surface area contributed by atoms with E-state index in [0.717, 1.165) is 18.9 Å². The minimum atomic E-state index is -4.50. The van der Waals surface area contributed by atoms with Gasteiger partial charge in [0.15, 0.2) is 5.60 Å². The van der Waals surface area contributed by atoms with Crippen molar-refractivity contribution in [3.63, 3.8) is 0 Å². The molecule has 1 saturated carbocycles. The number of carbonyl (C=O) groups is 1. The van der Waals surface area contributed by atoms with Gasteiger partial charge in [0.05, 0.1) is 5.56 Å². The summed E-state index contributed by atoms with van der Waals surface area (Å²) in [5.74, 6) is 0.526. The molecule has 2 fully saturated rings. The topological polar surface area (TPSA) is 69.5 Å². The third kappa shape index (κ3) is 4.35. The fourth-order valence-electron chi connectivity index (χ4n) is 4.35. The molecule has 1 aromatic carbocycles. The zero-order valence-electron chi connectivity index (χ0n) is 17.4. The molecule has 0 spiro atoms. The van der Waals surface area contributed by atoms with E-state index in [-0.39, 0.29) is 11.7 Å². The Labute approximate surface area is 184 Å². The van der Waals surface area contributed by atoms with E-state index < -0.39 is 17.5 Å². The number of pyridine rings is 1. The normalized spacial score (nSPS) is 18.3. The largest absolute Gasteiger partial charge is 0.476 e. The van der Waals surface area contributed by atoms with Crippen molar-refractivity contribution in [1.29, 1.82) is 5.26 Å². The van der Waals surface area contributed by atoms with Crippen molar-refractivity contribution in [2.75, 3.05) is 31.1 Å². The van der Waals surface area contributed by atoms with Gasteiger partial charge in [-0.15, -0.1) is 0 Å². The SMILES string of the molecule is N#Cc1ccccc1OC1(C(=O)N2CCN(c3cccc(C(F)(F)F)n3)CC2)CCCC1. The molecule has 168 valence electrons. The molecule has 2 aromatic rings. The van der Waals surface area contributed by atoms with Crippen LogP contribution in [0.15, 0.2) is 42.5 Å². The van der Waals surface area contributed by atoms with Crippen LogP contribution in [0.2, 0.25) is 0 Å². The van der Waals surface area contributed by atoms with Crippen LogP contribution in [-0.2, 0) is 11.0 Å². The lowest BCUT2D eigenvalue weighted by Crippen LogP contribution is -2.57. The number of benzene rings is 1. The molecule has 1 saturated heterocycles. The number of para-hydroxylation sites is 1. The number of anilines is 1. The van der Waals surface area contributed by atoms with Crippen LogP contribution in [0, 0.1) is 11.3 Å². The summed E-state index contributed by atoms with van der Waals surface area (Å²) in [6.07, 6.45) is -1.65. The van der Waals surface area contributed by atoms with Gasteiger partial charge >= 0.3 is 6.18 Å². The predicted molar refractivity (Wildman–Crippen MR) is 111 cm³/mol. The molecule has 0 bridgehead atoms. The van der Waals surface area contributed by atoms with Crippen LogP contribution >= 0.6 is 0 Å². The van der Waals surface area contributed by atoms with E-state index >= 15 is 0 Å². The lowest BCUT2D eigenvalue weighted by Gasteiger charge is -2.40.